The Balaban J connectivity index is 2.07. The summed E-state index contributed by atoms with van der Waals surface area (Å²) in [6.45, 7) is 5.78. The standard InChI is InChI=1S/C18H34N4/c19-11-3-15-21-13-1-5-17-7-9-18(10-8-17)6-2-14-22-16-4-12-20/h7-10,21-22H,1-6,11-16,19-20H2. The lowest BCUT2D eigenvalue weighted by Crippen LogP contribution is -2.19. The van der Waals surface area contributed by atoms with Gasteiger partial charge < -0.3 is 22.1 Å². The molecule has 0 radical (unpaired) electrons. The van der Waals surface area contributed by atoms with Crippen molar-refractivity contribution in [1.82, 2.24) is 10.6 Å². The number of aryl methyl sites for hydroxylation is 2. The van der Waals surface area contributed by atoms with Crippen LogP contribution < -0.4 is 22.1 Å². The molecule has 0 aliphatic rings. The summed E-state index contributed by atoms with van der Waals surface area (Å²) in [5.41, 5.74) is 13.8. The third-order valence-corrected chi connectivity index (χ3v) is 3.78. The third-order valence-electron chi connectivity index (χ3n) is 3.78. The lowest BCUT2D eigenvalue weighted by molar-refractivity contribution is 0.625. The molecule has 6 N–H and O–H groups in total. The molecule has 22 heavy (non-hydrogen) atoms. The van der Waals surface area contributed by atoms with Gasteiger partial charge in [-0.05, 0) is 88.9 Å². The lowest BCUT2D eigenvalue weighted by Gasteiger charge is -2.06. The van der Waals surface area contributed by atoms with Crippen molar-refractivity contribution in [2.75, 3.05) is 39.3 Å². The summed E-state index contributed by atoms with van der Waals surface area (Å²) in [7, 11) is 0. The highest BCUT2D eigenvalue weighted by molar-refractivity contribution is 5.22. The predicted molar refractivity (Wildman–Crippen MR) is 96.2 cm³/mol. The van der Waals surface area contributed by atoms with E-state index in [1.165, 1.54) is 24.0 Å². The SMILES string of the molecule is NCCCNCCCc1ccc(CCCNCCCN)cc1. The predicted octanol–water partition coefficient (Wildman–Crippen LogP) is 1.43. The second-order valence-electron chi connectivity index (χ2n) is 5.81. The second kappa shape index (κ2) is 13.7. The summed E-state index contributed by atoms with van der Waals surface area (Å²) >= 11 is 0. The minimum atomic E-state index is 0.775. The van der Waals surface area contributed by atoms with Crippen LogP contribution >= 0.6 is 0 Å². The third kappa shape index (κ3) is 9.90. The van der Waals surface area contributed by atoms with E-state index < -0.39 is 0 Å². The number of hydrogen-bond acceptors (Lipinski definition) is 4. The van der Waals surface area contributed by atoms with Crippen LogP contribution in [0.5, 0.6) is 0 Å². The van der Waals surface area contributed by atoms with Crippen LogP contribution in [-0.4, -0.2) is 39.3 Å². The van der Waals surface area contributed by atoms with E-state index >= 15 is 0 Å². The molecule has 0 saturated heterocycles. The molecule has 0 aromatic heterocycles. The van der Waals surface area contributed by atoms with Crippen molar-refractivity contribution < 1.29 is 0 Å². The summed E-state index contributed by atoms with van der Waals surface area (Å²) in [6, 6.07) is 9.10. The van der Waals surface area contributed by atoms with Gasteiger partial charge in [0.25, 0.3) is 0 Å². The average molecular weight is 306 g/mol. The second-order valence-corrected chi connectivity index (χ2v) is 5.81. The quantitative estimate of drug-likeness (QED) is 0.392. The minimum Gasteiger partial charge on any atom is -0.330 e. The molecule has 0 unspecified atom stereocenters. The van der Waals surface area contributed by atoms with Crippen LogP contribution in [0.2, 0.25) is 0 Å². The maximum atomic E-state index is 5.46. The van der Waals surface area contributed by atoms with Gasteiger partial charge in [-0.25, -0.2) is 0 Å². The zero-order valence-electron chi connectivity index (χ0n) is 13.9. The monoisotopic (exact) mass is 306 g/mol. The molecule has 4 nitrogen and oxygen atoms in total. The van der Waals surface area contributed by atoms with Crippen LogP contribution in [0.4, 0.5) is 0 Å². The number of hydrogen-bond donors (Lipinski definition) is 4. The van der Waals surface area contributed by atoms with Gasteiger partial charge in [-0.3, -0.25) is 0 Å². The molecule has 0 aliphatic heterocycles. The largest absolute Gasteiger partial charge is 0.330 e. The van der Waals surface area contributed by atoms with Gasteiger partial charge in [-0.1, -0.05) is 24.3 Å². The fourth-order valence-corrected chi connectivity index (χ4v) is 2.41. The van der Waals surface area contributed by atoms with E-state index in [-0.39, 0.29) is 0 Å². The highest BCUT2D eigenvalue weighted by Crippen LogP contribution is 2.08. The number of benzene rings is 1. The van der Waals surface area contributed by atoms with E-state index in [0.717, 1.165) is 65.0 Å². The minimum absolute atomic E-state index is 0.775. The molecule has 0 atom stereocenters. The Hall–Kier alpha value is -0.940. The summed E-state index contributed by atoms with van der Waals surface area (Å²) in [4.78, 5) is 0. The Morgan fingerprint density at radius 1 is 0.591 bits per heavy atom. The van der Waals surface area contributed by atoms with Crippen LogP contribution in [0.15, 0.2) is 24.3 Å². The van der Waals surface area contributed by atoms with Crippen LogP contribution in [-0.2, 0) is 12.8 Å². The van der Waals surface area contributed by atoms with Gasteiger partial charge in [-0.2, -0.15) is 0 Å². The van der Waals surface area contributed by atoms with E-state index in [0.29, 0.717) is 0 Å². The smallest absolute Gasteiger partial charge is 0.00369 e. The van der Waals surface area contributed by atoms with Crippen molar-refractivity contribution in [2.24, 2.45) is 11.5 Å². The molecule has 126 valence electrons. The molecule has 1 aromatic carbocycles. The van der Waals surface area contributed by atoms with E-state index in [1.54, 1.807) is 0 Å². The van der Waals surface area contributed by atoms with E-state index in [4.69, 9.17) is 11.5 Å². The summed E-state index contributed by atoms with van der Waals surface area (Å²) in [6.07, 6.45) is 6.81. The molecule has 4 heteroatoms. The zero-order valence-corrected chi connectivity index (χ0v) is 13.9. The first kappa shape index (κ1) is 19.1. The van der Waals surface area contributed by atoms with Gasteiger partial charge in [0.15, 0.2) is 0 Å². The Morgan fingerprint density at radius 2 is 0.955 bits per heavy atom. The van der Waals surface area contributed by atoms with Crippen molar-refractivity contribution >= 4 is 0 Å². The van der Waals surface area contributed by atoms with Crippen molar-refractivity contribution in [1.29, 1.82) is 0 Å². The van der Waals surface area contributed by atoms with Gasteiger partial charge in [0.2, 0.25) is 0 Å². The summed E-state index contributed by atoms with van der Waals surface area (Å²) in [5, 5.41) is 6.84. The van der Waals surface area contributed by atoms with Crippen molar-refractivity contribution in [3.05, 3.63) is 35.4 Å². The van der Waals surface area contributed by atoms with Crippen LogP contribution in [0, 0.1) is 0 Å². The van der Waals surface area contributed by atoms with Gasteiger partial charge in [0.1, 0.15) is 0 Å². The van der Waals surface area contributed by atoms with Gasteiger partial charge in [0, 0.05) is 0 Å². The molecular weight excluding hydrogens is 272 g/mol. The van der Waals surface area contributed by atoms with E-state index in [2.05, 4.69) is 34.9 Å². The Morgan fingerprint density at radius 3 is 1.32 bits per heavy atom. The number of nitrogens with one attached hydrogen (secondary N) is 2. The van der Waals surface area contributed by atoms with Crippen LogP contribution in [0.25, 0.3) is 0 Å². The topological polar surface area (TPSA) is 76.1 Å². The molecular formula is C18H34N4. The van der Waals surface area contributed by atoms with Crippen molar-refractivity contribution in [3.63, 3.8) is 0 Å². The number of nitrogens with two attached hydrogens (primary N) is 2. The highest BCUT2D eigenvalue weighted by Gasteiger charge is 1.96. The normalized spacial score (nSPS) is 11.0. The first-order valence-corrected chi connectivity index (χ1v) is 8.76. The molecule has 0 fully saturated rings. The van der Waals surface area contributed by atoms with E-state index in [1.807, 2.05) is 0 Å². The molecule has 0 bridgehead atoms. The van der Waals surface area contributed by atoms with Crippen molar-refractivity contribution in [3.8, 4) is 0 Å². The molecule has 1 aromatic rings. The van der Waals surface area contributed by atoms with Gasteiger partial charge in [-0.15, -0.1) is 0 Å². The molecule has 1 rings (SSSR count). The maximum Gasteiger partial charge on any atom is -0.00369 e. The maximum absolute atomic E-state index is 5.46. The van der Waals surface area contributed by atoms with Gasteiger partial charge in [0.05, 0.1) is 0 Å². The fourth-order valence-electron chi connectivity index (χ4n) is 2.41. The van der Waals surface area contributed by atoms with Crippen molar-refractivity contribution in [2.45, 2.75) is 38.5 Å². The lowest BCUT2D eigenvalue weighted by atomic mass is 10.0. The van der Waals surface area contributed by atoms with E-state index in [9.17, 15) is 0 Å². The summed E-state index contributed by atoms with van der Waals surface area (Å²) in [5.74, 6) is 0. The first-order valence-electron chi connectivity index (χ1n) is 8.76. The zero-order chi connectivity index (χ0) is 15.9. The molecule has 0 aliphatic carbocycles. The molecule has 0 saturated carbocycles. The van der Waals surface area contributed by atoms with Crippen LogP contribution in [0.3, 0.4) is 0 Å². The highest BCUT2D eigenvalue weighted by atomic mass is 14.8. The first-order chi connectivity index (χ1) is 10.9. The van der Waals surface area contributed by atoms with Gasteiger partial charge >= 0.3 is 0 Å². The Bertz CT molecular complexity index is 316. The fraction of sp³-hybridized carbons (Fsp3) is 0.667. The van der Waals surface area contributed by atoms with Crippen LogP contribution in [0.1, 0.15) is 36.8 Å². The Labute approximate surface area is 136 Å². The average Bonchev–Trinajstić information content (AvgIpc) is 2.55. The Kier molecular flexibility index (Phi) is 11.9. The summed E-state index contributed by atoms with van der Waals surface area (Å²) < 4.78 is 0. The molecule has 0 amide bonds. The number of rotatable bonds is 14. The molecule has 0 heterocycles. The molecule has 0 spiro atoms.